The van der Waals surface area contributed by atoms with Crippen LogP contribution in [0.25, 0.3) is 10.9 Å². The average molecular weight is 303 g/mol. The summed E-state index contributed by atoms with van der Waals surface area (Å²) >= 11 is 0. The number of carbonyl (C=O) groups is 2. The molecular formula is C16H18FN3O2. The zero-order valence-corrected chi connectivity index (χ0v) is 12.6. The van der Waals surface area contributed by atoms with Gasteiger partial charge >= 0.3 is 0 Å². The van der Waals surface area contributed by atoms with Crippen molar-refractivity contribution in [2.24, 2.45) is 0 Å². The first kappa shape index (κ1) is 14.6. The highest BCUT2D eigenvalue weighted by Gasteiger charge is 2.50. The van der Waals surface area contributed by atoms with E-state index in [1.54, 1.807) is 26.2 Å². The number of benzene rings is 1. The van der Waals surface area contributed by atoms with Gasteiger partial charge in [0, 0.05) is 26.0 Å². The van der Waals surface area contributed by atoms with E-state index in [2.05, 4.69) is 5.32 Å². The Balaban J connectivity index is 1.84. The molecule has 1 saturated carbocycles. The van der Waals surface area contributed by atoms with Gasteiger partial charge in [-0.25, -0.2) is 4.39 Å². The summed E-state index contributed by atoms with van der Waals surface area (Å²) in [6.07, 6.45) is 2.40. The van der Waals surface area contributed by atoms with Gasteiger partial charge in [0.15, 0.2) is 5.67 Å². The van der Waals surface area contributed by atoms with Crippen LogP contribution in [0, 0.1) is 0 Å². The van der Waals surface area contributed by atoms with Crippen LogP contribution in [0.2, 0.25) is 0 Å². The molecule has 0 spiro atoms. The van der Waals surface area contributed by atoms with Crippen molar-refractivity contribution in [2.75, 3.05) is 19.4 Å². The molecule has 1 heterocycles. The van der Waals surface area contributed by atoms with Gasteiger partial charge in [-0.1, -0.05) is 6.07 Å². The molecule has 0 bridgehead atoms. The minimum Gasteiger partial charge on any atom is -0.347 e. The number of fused-ring (bicyclic) bond motifs is 1. The SMILES string of the molecule is CN(C)C(=O)Cn1ccc2ccc(NC(=O)C3(F)CC3)cc21. The van der Waals surface area contributed by atoms with E-state index in [9.17, 15) is 14.0 Å². The Morgan fingerprint density at radius 1 is 1.32 bits per heavy atom. The second-order valence-electron chi connectivity index (χ2n) is 5.92. The number of amides is 2. The summed E-state index contributed by atoms with van der Waals surface area (Å²) in [6.45, 7) is 0.223. The van der Waals surface area contributed by atoms with E-state index < -0.39 is 11.6 Å². The number of likely N-dealkylation sites (N-methyl/N-ethyl adjacent to an activating group) is 1. The van der Waals surface area contributed by atoms with Crippen LogP contribution in [0.1, 0.15) is 12.8 Å². The maximum Gasteiger partial charge on any atom is 0.262 e. The fourth-order valence-electron chi connectivity index (χ4n) is 2.27. The van der Waals surface area contributed by atoms with Gasteiger partial charge < -0.3 is 14.8 Å². The molecule has 2 amide bonds. The molecule has 0 radical (unpaired) electrons. The Bertz CT molecular complexity index is 747. The fourth-order valence-corrected chi connectivity index (χ4v) is 2.27. The van der Waals surface area contributed by atoms with Gasteiger partial charge in [0.2, 0.25) is 5.91 Å². The van der Waals surface area contributed by atoms with E-state index in [0.29, 0.717) is 5.69 Å². The molecule has 0 atom stereocenters. The number of rotatable bonds is 4. The van der Waals surface area contributed by atoms with E-state index in [4.69, 9.17) is 0 Å². The molecule has 1 aliphatic carbocycles. The molecule has 5 nitrogen and oxygen atoms in total. The summed E-state index contributed by atoms with van der Waals surface area (Å²) in [5.74, 6) is -0.609. The first-order chi connectivity index (χ1) is 10.4. The van der Waals surface area contributed by atoms with Crippen molar-refractivity contribution in [1.29, 1.82) is 0 Å². The molecule has 0 unspecified atom stereocenters. The zero-order chi connectivity index (χ0) is 15.9. The number of halogens is 1. The normalized spacial score (nSPS) is 15.6. The molecule has 1 fully saturated rings. The highest BCUT2D eigenvalue weighted by molar-refractivity contribution is 6.00. The largest absolute Gasteiger partial charge is 0.347 e. The third-order valence-electron chi connectivity index (χ3n) is 3.93. The molecule has 0 saturated heterocycles. The lowest BCUT2D eigenvalue weighted by Crippen LogP contribution is -2.26. The molecule has 0 aliphatic heterocycles. The first-order valence-electron chi connectivity index (χ1n) is 7.18. The molecule has 1 aliphatic rings. The molecule has 1 aromatic heterocycles. The molecule has 3 rings (SSSR count). The lowest BCUT2D eigenvalue weighted by Gasteiger charge is -2.12. The predicted molar refractivity (Wildman–Crippen MR) is 82.3 cm³/mol. The van der Waals surface area contributed by atoms with Crippen LogP contribution < -0.4 is 5.32 Å². The van der Waals surface area contributed by atoms with Crippen molar-refractivity contribution in [3.8, 4) is 0 Å². The Labute approximate surface area is 127 Å². The lowest BCUT2D eigenvalue weighted by molar-refractivity contribution is -0.129. The summed E-state index contributed by atoms with van der Waals surface area (Å²) in [6, 6.07) is 7.26. The van der Waals surface area contributed by atoms with Crippen LogP contribution in [0.5, 0.6) is 0 Å². The van der Waals surface area contributed by atoms with E-state index in [0.717, 1.165) is 10.9 Å². The Morgan fingerprint density at radius 3 is 2.68 bits per heavy atom. The van der Waals surface area contributed by atoms with Crippen molar-refractivity contribution in [3.63, 3.8) is 0 Å². The summed E-state index contributed by atoms with van der Waals surface area (Å²) in [5, 5.41) is 3.57. The second kappa shape index (κ2) is 5.12. The maximum atomic E-state index is 13.7. The van der Waals surface area contributed by atoms with E-state index in [1.165, 1.54) is 4.90 Å². The van der Waals surface area contributed by atoms with Crippen LogP contribution in [-0.2, 0) is 16.1 Å². The third-order valence-corrected chi connectivity index (χ3v) is 3.93. The minimum atomic E-state index is -1.70. The van der Waals surface area contributed by atoms with Gasteiger partial charge in [0.25, 0.3) is 5.91 Å². The number of nitrogens with zero attached hydrogens (tertiary/aromatic N) is 2. The quantitative estimate of drug-likeness (QED) is 0.941. The Hall–Kier alpha value is -2.37. The molecule has 116 valence electrons. The molecule has 1 aromatic carbocycles. The highest BCUT2D eigenvalue weighted by atomic mass is 19.1. The number of alkyl halides is 1. The van der Waals surface area contributed by atoms with Crippen molar-refractivity contribution in [1.82, 2.24) is 9.47 Å². The molecule has 22 heavy (non-hydrogen) atoms. The van der Waals surface area contributed by atoms with Gasteiger partial charge in [-0.05, 0) is 36.4 Å². The predicted octanol–water partition coefficient (Wildman–Crippen LogP) is 2.17. The Morgan fingerprint density at radius 2 is 2.05 bits per heavy atom. The van der Waals surface area contributed by atoms with Crippen LogP contribution in [-0.4, -0.2) is 41.0 Å². The maximum absolute atomic E-state index is 13.7. The smallest absolute Gasteiger partial charge is 0.262 e. The van der Waals surface area contributed by atoms with Crippen molar-refractivity contribution in [3.05, 3.63) is 30.5 Å². The average Bonchev–Trinajstić information content (AvgIpc) is 3.11. The topological polar surface area (TPSA) is 54.3 Å². The van der Waals surface area contributed by atoms with Crippen LogP contribution >= 0.6 is 0 Å². The number of hydrogen-bond acceptors (Lipinski definition) is 2. The number of carbonyl (C=O) groups excluding carboxylic acids is 2. The third kappa shape index (κ3) is 2.68. The van der Waals surface area contributed by atoms with E-state index in [1.807, 2.05) is 22.9 Å². The van der Waals surface area contributed by atoms with Gasteiger partial charge in [-0.15, -0.1) is 0 Å². The summed E-state index contributed by atoms with van der Waals surface area (Å²) in [5.41, 5.74) is -0.326. The van der Waals surface area contributed by atoms with Crippen LogP contribution in [0.4, 0.5) is 10.1 Å². The molecule has 6 heteroatoms. The zero-order valence-electron chi connectivity index (χ0n) is 12.6. The van der Waals surface area contributed by atoms with Gasteiger partial charge in [0.1, 0.15) is 6.54 Å². The standard InChI is InChI=1S/C16H18FN3O2/c1-19(2)14(21)10-20-8-5-11-3-4-12(9-13(11)20)18-15(22)16(17)6-7-16/h3-5,8-9H,6-7,10H2,1-2H3,(H,18,22). The molecule has 1 N–H and O–H groups in total. The number of hydrogen-bond donors (Lipinski definition) is 1. The summed E-state index contributed by atoms with van der Waals surface area (Å²) in [7, 11) is 3.41. The lowest BCUT2D eigenvalue weighted by atomic mass is 10.2. The van der Waals surface area contributed by atoms with E-state index >= 15 is 0 Å². The fraction of sp³-hybridized carbons (Fsp3) is 0.375. The highest BCUT2D eigenvalue weighted by Crippen LogP contribution is 2.40. The van der Waals surface area contributed by atoms with Crippen molar-refractivity contribution in [2.45, 2.75) is 25.1 Å². The van der Waals surface area contributed by atoms with Gasteiger partial charge in [-0.3, -0.25) is 9.59 Å². The van der Waals surface area contributed by atoms with Crippen molar-refractivity contribution >= 4 is 28.4 Å². The van der Waals surface area contributed by atoms with Gasteiger partial charge in [-0.2, -0.15) is 0 Å². The van der Waals surface area contributed by atoms with E-state index in [-0.39, 0.29) is 25.3 Å². The number of aromatic nitrogens is 1. The molecule has 2 aromatic rings. The summed E-state index contributed by atoms with van der Waals surface area (Å²) < 4.78 is 15.5. The molecular weight excluding hydrogens is 285 g/mol. The van der Waals surface area contributed by atoms with Crippen LogP contribution in [0.15, 0.2) is 30.5 Å². The monoisotopic (exact) mass is 303 g/mol. The number of nitrogens with one attached hydrogen (secondary N) is 1. The number of anilines is 1. The summed E-state index contributed by atoms with van der Waals surface area (Å²) in [4.78, 5) is 25.1. The van der Waals surface area contributed by atoms with Crippen molar-refractivity contribution < 1.29 is 14.0 Å². The van der Waals surface area contributed by atoms with Gasteiger partial charge in [0.05, 0.1) is 5.52 Å². The first-order valence-corrected chi connectivity index (χ1v) is 7.18. The van der Waals surface area contributed by atoms with Crippen LogP contribution in [0.3, 0.4) is 0 Å². The second-order valence-corrected chi connectivity index (χ2v) is 5.92. The minimum absolute atomic E-state index is 0.0207. The Kier molecular flexibility index (Phi) is 3.39.